The molecule has 1 aromatic carbocycles. The van der Waals surface area contributed by atoms with Gasteiger partial charge in [0.05, 0.1) is 6.54 Å². The summed E-state index contributed by atoms with van der Waals surface area (Å²) in [7, 11) is 0. The minimum atomic E-state index is -0.706. The lowest BCUT2D eigenvalue weighted by Crippen LogP contribution is -2.37. The van der Waals surface area contributed by atoms with E-state index < -0.39 is 6.10 Å². The highest BCUT2D eigenvalue weighted by atomic mass is 16.5. The first-order valence-corrected chi connectivity index (χ1v) is 5.82. The van der Waals surface area contributed by atoms with Gasteiger partial charge in [0.2, 0.25) is 0 Å². The first kappa shape index (κ1) is 14.0. The van der Waals surface area contributed by atoms with Crippen LogP contribution in [0.25, 0.3) is 0 Å². The van der Waals surface area contributed by atoms with Crippen molar-refractivity contribution in [1.29, 1.82) is 0 Å². The largest absolute Gasteiger partial charge is 0.491 e. The Labute approximate surface area is 102 Å². The second kappa shape index (κ2) is 6.59. The van der Waals surface area contributed by atoms with Gasteiger partial charge in [-0.3, -0.25) is 0 Å². The molecule has 0 saturated heterocycles. The summed E-state index contributed by atoms with van der Waals surface area (Å²) in [6.07, 6.45) is -0.706. The second-order valence-corrected chi connectivity index (χ2v) is 4.50. The zero-order valence-corrected chi connectivity index (χ0v) is 10.6. The molecule has 0 aromatic heterocycles. The summed E-state index contributed by atoms with van der Waals surface area (Å²) in [6.45, 7) is 6.05. The van der Waals surface area contributed by atoms with Crippen LogP contribution in [-0.2, 0) is 0 Å². The average Bonchev–Trinajstić information content (AvgIpc) is 2.26. The van der Waals surface area contributed by atoms with Crippen LogP contribution in [0.1, 0.15) is 19.4 Å². The SMILES string of the molecule is Cc1cccc(OCC(O)CN(O)C(C)C)c1. The number of hydrogen-bond acceptors (Lipinski definition) is 4. The van der Waals surface area contributed by atoms with E-state index in [0.717, 1.165) is 16.4 Å². The van der Waals surface area contributed by atoms with Crippen LogP contribution < -0.4 is 4.74 Å². The first-order chi connectivity index (χ1) is 7.99. The smallest absolute Gasteiger partial charge is 0.119 e. The Balaban J connectivity index is 2.35. The highest BCUT2D eigenvalue weighted by molar-refractivity contribution is 5.27. The Bertz CT molecular complexity index is 341. The molecule has 0 aliphatic heterocycles. The van der Waals surface area contributed by atoms with Crippen LogP contribution in [0.2, 0.25) is 0 Å². The lowest BCUT2D eigenvalue weighted by atomic mass is 10.2. The third-order valence-electron chi connectivity index (χ3n) is 2.43. The number of hydroxylamine groups is 2. The molecule has 1 atom stereocenters. The molecule has 2 N–H and O–H groups in total. The first-order valence-electron chi connectivity index (χ1n) is 5.82. The van der Waals surface area contributed by atoms with Crippen LogP contribution in [0, 0.1) is 6.92 Å². The predicted octanol–water partition coefficient (Wildman–Crippen LogP) is 1.83. The number of aryl methyl sites for hydroxylation is 1. The molecule has 0 aliphatic carbocycles. The van der Waals surface area contributed by atoms with Gasteiger partial charge in [-0.2, -0.15) is 5.06 Å². The van der Waals surface area contributed by atoms with Crippen molar-refractivity contribution in [2.45, 2.75) is 32.9 Å². The zero-order chi connectivity index (χ0) is 12.8. The summed E-state index contributed by atoms with van der Waals surface area (Å²) in [5.74, 6) is 0.734. The fraction of sp³-hybridized carbons (Fsp3) is 0.538. The molecule has 1 aromatic rings. The normalized spacial score (nSPS) is 13.1. The molecule has 0 radical (unpaired) electrons. The van der Waals surface area contributed by atoms with Gasteiger partial charge in [0, 0.05) is 6.04 Å². The Hall–Kier alpha value is -1.10. The molecule has 0 heterocycles. The Morgan fingerprint density at radius 3 is 2.65 bits per heavy atom. The van der Waals surface area contributed by atoms with Crippen LogP contribution in [0.15, 0.2) is 24.3 Å². The molecule has 0 spiro atoms. The van der Waals surface area contributed by atoms with Gasteiger partial charge in [-0.05, 0) is 38.5 Å². The summed E-state index contributed by atoms with van der Waals surface area (Å²) in [5, 5.41) is 20.2. The fourth-order valence-electron chi connectivity index (χ4n) is 1.38. The second-order valence-electron chi connectivity index (χ2n) is 4.50. The van der Waals surface area contributed by atoms with Crippen molar-refractivity contribution in [2.24, 2.45) is 0 Å². The van der Waals surface area contributed by atoms with Crippen molar-refractivity contribution in [3.05, 3.63) is 29.8 Å². The van der Waals surface area contributed by atoms with Gasteiger partial charge in [0.15, 0.2) is 0 Å². The van der Waals surface area contributed by atoms with E-state index in [-0.39, 0.29) is 19.2 Å². The lowest BCUT2D eigenvalue weighted by Gasteiger charge is -2.22. The highest BCUT2D eigenvalue weighted by Crippen LogP contribution is 2.12. The van der Waals surface area contributed by atoms with E-state index in [1.807, 2.05) is 45.0 Å². The molecule has 1 unspecified atom stereocenters. The van der Waals surface area contributed by atoms with Crippen LogP contribution in [0.5, 0.6) is 5.75 Å². The summed E-state index contributed by atoms with van der Waals surface area (Å²) < 4.78 is 5.44. The molecular formula is C13H21NO3. The van der Waals surface area contributed by atoms with Crippen molar-refractivity contribution in [1.82, 2.24) is 5.06 Å². The minimum Gasteiger partial charge on any atom is -0.491 e. The van der Waals surface area contributed by atoms with Gasteiger partial charge in [-0.1, -0.05) is 12.1 Å². The van der Waals surface area contributed by atoms with Crippen molar-refractivity contribution in [2.75, 3.05) is 13.2 Å². The number of benzene rings is 1. The van der Waals surface area contributed by atoms with E-state index >= 15 is 0 Å². The van der Waals surface area contributed by atoms with Crippen LogP contribution >= 0.6 is 0 Å². The summed E-state index contributed by atoms with van der Waals surface area (Å²) in [5.41, 5.74) is 1.11. The highest BCUT2D eigenvalue weighted by Gasteiger charge is 2.12. The Morgan fingerprint density at radius 2 is 2.06 bits per heavy atom. The molecule has 0 bridgehead atoms. The fourth-order valence-corrected chi connectivity index (χ4v) is 1.38. The predicted molar refractivity (Wildman–Crippen MR) is 66.3 cm³/mol. The number of aliphatic hydroxyl groups is 1. The maximum atomic E-state index is 9.67. The molecule has 4 heteroatoms. The van der Waals surface area contributed by atoms with Crippen molar-refractivity contribution < 1.29 is 15.1 Å². The van der Waals surface area contributed by atoms with Gasteiger partial charge in [0.1, 0.15) is 18.5 Å². The van der Waals surface area contributed by atoms with Gasteiger partial charge >= 0.3 is 0 Å². The molecule has 4 nitrogen and oxygen atoms in total. The van der Waals surface area contributed by atoms with E-state index in [2.05, 4.69) is 0 Å². The molecule has 0 amide bonds. The molecule has 0 saturated carbocycles. The zero-order valence-electron chi connectivity index (χ0n) is 10.6. The van der Waals surface area contributed by atoms with Crippen LogP contribution in [-0.4, -0.2) is 40.7 Å². The van der Waals surface area contributed by atoms with Gasteiger partial charge in [0.25, 0.3) is 0 Å². The van der Waals surface area contributed by atoms with E-state index in [1.54, 1.807) is 0 Å². The molecular weight excluding hydrogens is 218 g/mol. The van der Waals surface area contributed by atoms with Crippen LogP contribution in [0.3, 0.4) is 0 Å². The van der Waals surface area contributed by atoms with Gasteiger partial charge in [-0.15, -0.1) is 0 Å². The lowest BCUT2D eigenvalue weighted by molar-refractivity contribution is -0.139. The number of nitrogens with zero attached hydrogens (tertiary/aromatic N) is 1. The van der Waals surface area contributed by atoms with Crippen LogP contribution in [0.4, 0.5) is 0 Å². The molecule has 0 aliphatic rings. The molecule has 1 rings (SSSR count). The van der Waals surface area contributed by atoms with Crippen molar-refractivity contribution in [3.63, 3.8) is 0 Å². The Morgan fingerprint density at radius 1 is 1.35 bits per heavy atom. The monoisotopic (exact) mass is 239 g/mol. The molecule has 96 valence electrons. The maximum Gasteiger partial charge on any atom is 0.119 e. The van der Waals surface area contributed by atoms with E-state index in [4.69, 9.17) is 4.74 Å². The van der Waals surface area contributed by atoms with E-state index in [1.165, 1.54) is 0 Å². The summed E-state index contributed by atoms with van der Waals surface area (Å²) in [6, 6.07) is 7.63. The maximum absolute atomic E-state index is 9.67. The third kappa shape index (κ3) is 5.17. The average molecular weight is 239 g/mol. The topological polar surface area (TPSA) is 52.9 Å². The number of aliphatic hydroxyl groups excluding tert-OH is 1. The minimum absolute atomic E-state index is 0.0105. The number of hydrogen-bond donors (Lipinski definition) is 2. The van der Waals surface area contributed by atoms with Gasteiger partial charge in [-0.25, -0.2) is 0 Å². The standard InChI is InChI=1S/C13H21NO3/c1-10(2)14(16)8-12(15)9-17-13-6-4-5-11(3)7-13/h4-7,10,12,15-16H,8-9H2,1-3H3. The summed E-state index contributed by atoms with van der Waals surface area (Å²) in [4.78, 5) is 0. The number of rotatable bonds is 6. The summed E-state index contributed by atoms with van der Waals surface area (Å²) >= 11 is 0. The Kier molecular flexibility index (Phi) is 5.41. The van der Waals surface area contributed by atoms with Crippen molar-refractivity contribution in [3.8, 4) is 5.75 Å². The van der Waals surface area contributed by atoms with E-state index in [0.29, 0.717) is 0 Å². The van der Waals surface area contributed by atoms with Gasteiger partial charge < -0.3 is 15.1 Å². The quantitative estimate of drug-likeness (QED) is 0.744. The molecule has 0 fully saturated rings. The van der Waals surface area contributed by atoms with Crippen molar-refractivity contribution >= 4 is 0 Å². The third-order valence-corrected chi connectivity index (χ3v) is 2.43. The molecule has 17 heavy (non-hydrogen) atoms. The number of ether oxygens (including phenoxy) is 1. The van der Waals surface area contributed by atoms with E-state index in [9.17, 15) is 10.3 Å².